The minimum Gasteiger partial charge on any atom is -0.374 e. The third-order valence-electron chi connectivity index (χ3n) is 1.44. The van der Waals surface area contributed by atoms with Gasteiger partial charge in [-0.2, -0.15) is 0 Å². The first-order valence-electron chi connectivity index (χ1n) is 4.11. The highest BCUT2D eigenvalue weighted by atomic mass is 32.1. The van der Waals surface area contributed by atoms with Gasteiger partial charge in [-0.1, -0.05) is 0 Å². The van der Waals surface area contributed by atoms with Crippen LogP contribution in [0.3, 0.4) is 0 Å². The van der Waals surface area contributed by atoms with Gasteiger partial charge in [0.2, 0.25) is 0 Å². The molecule has 0 aromatic carbocycles. The van der Waals surface area contributed by atoms with Crippen LogP contribution in [0.15, 0.2) is 0 Å². The predicted molar refractivity (Wildman–Crippen MR) is 55.4 cm³/mol. The maximum absolute atomic E-state index is 5.47. The second kappa shape index (κ2) is 5.32. The number of thiocarbonyl (C=S) groups is 1. The van der Waals surface area contributed by atoms with Crippen molar-refractivity contribution in [2.75, 3.05) is 20.2 Å². The maximum atomic E-state index is 5.47. The molecule has 0 amide bonds. The SMILES string of the molecule is CCOC(C)(C)CNC(=S)NC. The maximum Gasteiger partial charge on any atom is 0.166 e. The van der Waals surface area contributed by atoms with Gasteiger partial charge in [-0.05, 0) is 33.0 Å². The van der Waals surface area contributed by atoms with Crippen molar-refractivity contribution in [1.82, 2.24) is 10.6 Å². The van der Waals surface area contributed by atoms with Gasteiger partial charge in [0.1, 0.15) is 0 Å². The second-order valence-corrected chi connectivity index (χ2v) is 3.53. The predicted octanol–water partition coefficient (Wildman–Crippen LogP) is 0.895. The molecular formula is C8H18N2OS. The zero-order valence-electron chi connectivity index (χ0n) is 8.23. The molecule has 12 heavy (non-hydrogen) atoms. The molecule has 4 heteroatoms. The molecule has 0 aliphatic rings. The van der Waals surface area contributed by atoms with Crippen LogP contribution in [0.1, 0.15) is 20.8 Å². The molecule has 0 heterocycles. The lowest BCUT2D eigenvalue weighted by Gasteiger charge is -2.25. The summed E-state index contributed by atoms with van der Waals surface area (Å²) in [6.45, 7) is 7.49. The summed E-state index contributed by atoms with van der Waals surface area (Å²) in [5.74, 6) is 0. The zero-order chi connectivity index (χ0) is 9.61. The average molecular weight is 190 g/mol. The minimum atomic E-state index is -0.157. The van der Waals surface area contributed by atoms with E-state index < -0.39 is 0 Å². The lowest BCUT2D eigenvalue weighted by Crippen LogP contribution is -2.43. The van der Waals surface area contributed by atoms with Gasteiger partial charge in [-0.3, -0.25) is 0 Å². The Kier molecular flexibility index (Phi) is 5.17. The summed E-state index contributed by atoms with van der Waals surface area (Å²) < 4.78 is 5.47. The van der Waals surface area contributed by atoms with Crippen LogP contribution in [0.5, 0.6) is 0 Å². The number of rotatable bonds is 4. The van der Waals surface area contributed by atoms with E-state index in [2.05, 4.69) is 10.6 Å². The van der Waals surface area contributed by atoms with E-state index in [0.717, 1.165) is 13.2 Å². The van der Waals surface area contributed by atoms with Crippen molar-refractivity contribution < 1.29 is 4.74 Å². The summed E-state index contributed by atoms with van der Waals surface area (Å²) >= 11 is 4.93. The van der Waals surface area contributed by atoms with E-state index in [1.54, 1.807) is 7.05 Å². The van der Waals surface area contributed by atoms with E-state index in [0.29, 0.717) is 5.11 Å². The normalized spacial score (nSPS) is 11.0. The molecule has 0 saturated carbocycles. The van der Waals surface area contributed by atoms with Gasteiger partial charge < -0.3 is 15.4 Å². The van der Waals surface area contributed by atoms with E-state index in [1.165, 1.54) is 0 Å². The van der Waals surface area contributed by atoms with Gasteiger partial charge in [0.15, 0.2) is 5.11 Å². The number of nitrogens with one attached hydrogen (secondary N) is 2. The van der Waals surface area contributed by atoms with Crippen LogP contribution >= 0.6 is 12.2 Å². The Balaban J connectivity index is 3.67. The summed E-state index contributed by atoms with van der Waals surface area (Å²) in [5, 5.41) is 6.55. The standard InChI is InChI=1S/C8H18N2OS/c1-5-11-8(2,3)6-10-7(12)9-4/h5-6H2,1-4H3,(H2,9,10,12). The van der Waals surface area contributed by atoms with Crippen LogP contribution < -0.4 is 10.6 Å². The van der Waals surface area contributed by atoms with Gasteiger partial charge in [0.05, 0.1) is 5.60 Å². The Morgan fingerprint density at radius 1 is 1.50 bits per heavy atom. The molecule has 0 aromatic heterocycles. The molecule has 0 aliphatic carbocycles. The van der Waals surface area contributed by atoms with E-state index in [4.69, 9.17) is 17.0 Å². The Hall–Kier alpha value is -0.350. The molecule has 3 nitrogen and oxygen atoms in total. The van der Waals surface area contributed by atoms with Crippen LogP contribution in [-0.4, -0.2) is 30.9 Å². The van der Waals surface area contributed by atoms with Crippen LogP contribution in [0.25, 0.3) is 0 Å². The number of hydrogen-bond donors (Lipinski definition) is 2. The molecule has 0 unspecified atom stereocenters. The minimum absolute atomic E-state index is 0.157. The zero-order valence-corrected chi connectivity index (χ0v) is 9.05. The highest BCUT2D eigenvalue weighted by Gasteiger charge is 2.16. The molecule has 0 fully saturated rings. The molecule has 0 atom stereocenters. The van der Waals surface area contributed by atoms with Crippen LogP contribution in [0.4, 0.5) is 0 Å². The van der Waals surface area contributed by atoms with Crippen LogP contribution in [0, 0.1) is 0 Å². The molecule has 0 rings (SSSR count). The van der Waals surface area contributed by atoms with Gasteiger partial charge in [-0.15, -0.1) is 0 Å². The Morgan fingerprint density at radius 2 is 2.08 bits per heavy atom. The Bertz CT molecular complexity index is 148. The lowest BCUT2D eigenvalue weighted by molar-refractivity contribution is -0.00570. The van der Waals surface area contributed by atoms with E-state index >= 15 is 0 Å². The third-order valence-corrected chi connectivity index (χ3v) is 1.79. The molecule has 0 radical (unpaired) electrons. The average Bonchev–Trinajstić information content (AvgIpc) is 2.00. The van der Waals surface area contributed by atoms with Crippen LogP contribution in [0.2, 0.25) is 0 Å². The van der Waals surface area contributed by atoms with Crippen molar-refractivity contribution in [2.45, 2.75) is 26.4 Å². The summed E-state index contributed by atoms with van der Waals surface area (Å²) in [6.07, 6.45) is 0. The monoisotopic (exact) mass is 190 g/mol. The van der Waals surface area contributed by atoms with Crippen molar-refractivity contribution in [3.05, 3.63) is 0 Å². The lowest BCUT2D eigenvalue weighted by atomic mass is 10.1. The van der Waals surface area contributed by atoms with Gasteiger partial charge in [0, 0.05) is 20.2 Å². The van der Waals surface area contributed by atoms with Crippen molar-refractivity contribution in [1.29, 1.82) is 0 Å². The van der Waals surface area contributed by atoms with Gasteiger partial charge in [-0.25, -0.2) is 0 Å². The quantitative estimate of drug-likeness (QED) is 0.645. The summed E-state index contributed by atoms with van der Waals surface area (Å²) in [6, 6.07) is 0. The Labute approximate surface area is 79.9 Å². The highest BCUT2D eigenvalue weighted by Crippen LogP contribution is 2.06. The third kappa shape index (κ3) is 5.32. The molecule has 0 aliphatic heterocycles. The summed E-state index contributed by atoms with van der Waals surface area (Å²) in [5.41, 5.74) is -0.157. The summed E-state index contributed by atoms with van der Waals surface area (Å²) in [7, 11) is 1.79. The second-order valence-electron chi connectivity index (χ2n) is 3.13. The molecule has 0 saturated heterocycles. The van der Waals surface area contributed by atoms with Crippen LogP contribution in [-0.2, 0) is 4.74 Å². The fourth-order valence-electron chi connectivity index (χ4n) is 0.823. The highest BCUT2D eigenvalue weighted by molar-refractivity contribution is 7.80. The molecular weight excluding hydrogens is 172 g/mol. The first-order chi connectivity index (χ1) is 5.52. The van der Waals surface area contributed by atoms with E-state index in [1.807, 2.05) is 20.8 Å². The molecule has 0 bridgehead atoms. The van der Waals surface area contributed by atoms with Gasteiger partial charge >= 0.3 is 0 Å². The fraction of sp³-hybridized carbons (Fsp3) is 0.875. The van der Waals surface area contributed by atoms with Gasteiger partial charge in [0.25, 0.3) is 0 Å². The number of hydrogen-bond acceptors (Lipinski definition) is 2. The molecule has 0 aromatic rings. The fourth-order valence-corrected chi connectivity index (χ4v) is 0.895. The Morgan fingerprint density at radius 3 is 2.50 bits per heavy atom. The van der Waals surface area contributed by atoms with Crippen molar-refractivity contribution >= 4 is 17.3 Å². The smallest absolute Gasteiger partial charge is 0.166 e. The largest absolute Gasteiger partial charge is 0.374 e. The number of ether oxygens (including phenoxy) is 1. The molecule has 72 valence electrons. The van der Waals surface area contributed by atoms with E-state index in [9.17, 15) is 0 Å². The first-order valence-corrected chi connectivity index (χ1v) is 4.52. The van der Waals surface area contributed by atoms with Crippen molar-refractivity contribution in [2.24, 2.45) is 0 Å². The molecule has 0 spiro atoms. The first kappa shape index (κ1) is 11.6. The van der Waals surface area contributed by atoms with Crippen molar-refractivity contribution in [3.63, 3.8) is 0 Å². The topological polar surface area (TPSA) is 33.3 Å². The van der Waals surface area contributed by atoms with E-state index in [-0.39, 0.29) is 5.60 Å². The summed E-state index contributed by atoms with van der Waals surface area (Å²) in [4.78, 5) is 0. The van der Waals surface area contributed by atoms with Crippen molar-refractivity contribution in [3.8, 4) is 0 Å². The molecule has 2 N–H and O–H groups in total.